The molecule has 0 fully saturated rings. The van der Waals surface area contributed by atoms with Crippen LogP contribution in [0.3, 0.4) is 0 Å². The molecule has 0 aliphatic rings. The van der Waals surface area contributed by atoms with Crippen LogP contribution in [0.4, 0.5) is 5.69 Å². The number of esters is 1. The van der Waals surface area contributed by atoms with Crippen molar-refractivity contribution in [2.24, 2.45) is 0 Å². The van der Waals surface area contributed by atoms with Crippen LogP contribution in [-0.4, -0.2) is 33.3 Å². The highest BCUT2D eigenvalue weighted by Crippen LogP contribution is 2.29. The molecule has 1 rings (SSSR count). The molecule has 21 heavy (non-hydrogen) atoms. The van der Waals surface area contributed by atoms with Crippen LogP contribution in [0.25, 0.3) is 0 Å². The van der Waals surface area contributed by atoms with E-state index in [1.165, 1.54) is 0 Å². The van der Waals surface area contributed by atoms with Gasteiger partial charge in [0.05, 0.1) is 20.8 Å². The van der Waals surface area contributed by atoms with Crippen LogP contribution in [0, 0.1) is 0 Å². The predicted molar refractivity (Wildman–Crippen MR) is 83.1 cm³/mol. The molecule has 0 aromatic heterocycles. The fraction of sp³-hybridized carbons (Fsp3) is 0.562. The highest BCUT2D eigenvalue weighted by Gasteiger charge is 2.04. The molecular weight excluding hydrogens is 270 g/mol. The Morgan fingerprint density at radius 1 is 1.10 bits per heavy atom. The Labute approximate surface area is 126 Å². The van der Waals surface area contributed by atoms with Gasteiger partial charge in [-0.1, -0.05) is 6.42 Å². The summed E-state index contributed by atoms with van der Waals surface area (Å²) in [7, 11) is 3.24. The summed E-state index contributed by atoms with van der Waals surface area (Å²) in [5, 5.41) is 3.33. The largest absolute Gasteiger partial charge is 0.493 e. The van der Waals surface area contributed by atoms with E-state index in [1.807, 2.05) is 25.1 Å². The third-order valence-corrected chi connectivity index (χ3v) is 3.08. The number of nitrogens with one attached hydrogen (secondary N) is 1. The molecule has 5 nitrogen and oxygen atoms in total. The fourth-order valence-corrected chi connectivity index (χ4v) is 1.98. The second kappa shape index (κ2) is 9.91. The van der Waals surface area contributed by atoms with Crippen LogP contribution >= 0.6 is 0 Å². The van der Waals surface area contributed by atoms with E-state index in [0.29, 0.717) is 18.8 Å². The lowest BCUT2D eigenvalue weighted by molar-refractivity contribution is -0.143. The van der Waals surface area contributed by atoms with Crippen LogP contribution in [-0.2, 0) is 9.53 Å². The third-order valence-electron chi connectivity index (χ3n) is 3.08. The summed E-state index contributed by atoms with van der Waals surface area (Å²) >= 11 is 0. The van der Waals surface area contributed by atoms with Gasteiger partial charge in [0.15, 0.2) is 11.5 Å². The summed E-state index contributed by atoms with van der Waals surface area (Å²) in [6, 6.07) is 5.75. The Morgan fingerprint density at radius 2 is 1.86 bits per heavy atom. The number of anilines is 1. The average Bonchev–Trinajstić information content (AvgIpc) is 2.50. The first-order chi connectivity index (χ1) is 10.2. The van der Waals surface area contributed by atoms with E-state index < -0.39 is 0 Å². The summed E-state index contributed by atoms with van der Waals surface area (Å²) in [4.78, 5) is 11.2. The monoisotopic (exact) mass is 295 g/mol. The zero-order valence-corrected chi connectivity index (χ0v) is 13.1. The quantitative estimate of drug-likeness (QED) is 0.530. The van der Waals surface area contributed by atoms with Crippen LogP contribution in [0.2, 0.25) is 0 Å². The number of unbranched alkanes of at least 4 members (excludes halogenated alkanes) is 2. The highest BCUT2D eigenvalue weighted by molar-refractivity contribution is 5.69. The van der Waals surface area contributed by atoms with Crippen molar-refractivity contribution in [1.29, 1.82) is 0 Å². The lowest BCUT2D eigenvalue weighted by Gasteiger charge is -2.11. The van der Waals surface area contributed by atoms with Crippen molar-refractivity contribution in [3.8, 4) is 11.5 Å². The molecule has 0 saturated carbocycles. The lowest BCUT2D eigenvalue weighted by Crippen LogP contribution is -2.05. The van der Waals surface area contributed by atoms with Crippen molar-refractivity contribution in [3.63, 3.8) is 0 Å². The molecular formula is C16H25NO4. The standard InChI is InChI=1S/C16H25NO4/c1-4-21-16(18)8-6-5-7-11-17-13-9-10-14(19-2)15(12-13)20-3/h9-10,12,17H,4-8,11H2,1-3H3. The smallest absolute Gasteiger partial charge is 0.305 e. The predicted octanol–water partition coefficient (Wildman–Crippen LogP) is 3.24. The Kier molecular flexibility index (Phi) is 8.09. The molecule has 0 amide bonds. The molecule has 1 aromatic rings. The van der Waals surface area contributed by atoms with Gasteiger partial charge in [0, 0.05) is 24.7 Å². The molecule has 0 bridgehead atoms. The van der Waals surface area contributed by atoms with E-state index in [4.69, 9.17) is 14.2 Å². The first-order valence-electron chi connectivity index (χ1n) is 7.32. The van der Waals surface area contributed by atoms with Crippen LogP contribution in [0.1, 0.15) is 32.6 Å². The number of hydrogen-bond acceptors (Lipinski definition) is 5. The molecule has 1 aromatic carbocycles. The van der Waals surface area contributed by atoms with Gasteiger partial charge < -0.3 is 19.5 Å². The van der Waals surface area contributed by atoms with Gasteiger partial charge in [0.25, 0.3) is 0 Å². The van der Waals surface area contributed by atoms with Crippen molar-refractivity contribution in [2.75, 3.05) is 32.7 Å². The van der Waals surface area contributed by atoms with Crippen molar-refractivity contribution in [2.45, 2.75) is 32.6 Å². The minimum atomic E-state index is -0.106. The Bertz CT molecular complexity index is 434. The Morgan fingerprint density at radius 3 is 2.52 bits per heavy atom. The minimum absolute atomic E-state index is 0.106. The van der Waals surface area contributed by atoms with Gasteiger partial charge in [-0.05, 0) is 31.9 Å². The van der Waals surface area contributed by atoms with E-state index in [1.54, 1.807) is 14.2 Å². The van der Waals surface area contributed by atoms with Gasteiger partial charge in [-0.25, -0.2) is 0 Å². The molecule has 1 N–H and O–H groups in total. The van der Waals surface area contributed by atoms with Crippen LogP contribution in [0.5, 0.6) is 11.5 Å². The second-order valence-electron chi connectivity index (χ2n) is 4.61. The van der Waals surface area contributed by atoms with E-state index in [0.717, 1.165) is 37.2 Å². The highest BCUT2D eigenvalue weighted by atomic mass is 16.5. The molecule has 0 radical (unpaired) electrons. The maximum absolute atomic E-state index is 11.2. The maximum Gasteiger partial charge on any atom is 0.305 e. The number of ether oxygens (including phenoxy) is 3. The summed E-state index contributed by atoms with van der Waals surface area (Å²) in [5.74, 6) is 1.33. The van der Waals surface area contributed by atoms with Crippen LogP contribution in [0.15, 0.2) is 18.2 Å². The number of methoxy groups -OCH3 is 2. The topological polar surface area (TPSA) is 56.8 Å². The Hall–Kier alpha value is -1.91. The van der Waals surface area contributed by atoms with E-state index in [9.17, 15) is 4.79 Å². The average molecular weight is 295 g/mol. The molecule has 0 spiro atoms. The molecule has 0 aliphatic heterocycles. The lowest BCUT2D eigenvalue weighted by atomic mass is 10.2. The van der Waals surface area contributed by atoms with E-state index in [-0.39, 0.29) is 5.97 Å². The molecule has 0 saturated heterocycles. The number of carbonyl (C=O) groups excluding carboxylic acids is 1. The van der Waals surface area contributed by atoms with Crippen molar-refractivity contribution < 1.29 is 19.0 Å². The summed E-state index contributed by atoms with van der Waals surface area (Å²) in [5.41, 5.74) is 0.998. The van der Waals surface area contributed by atoms with Crippen molar-refractivity contribution in [1.82, 2.24) is 0 Å². The zero-order chi connectivity index (χ0) is 15.5. The third kappa shape index (κ3) is 6.38. The molecule has 0 heterocycles. The summed E-state index contributed by atoms with van der Waals surface area (Å²) < 4.78 is 15.3. The molecule has 0 aliphatic carbocycles. The van der Waals surface area contributed by atoms with Gasteiger partial charge in [-0.3, -0.25) is 4.79 Å². The van der Waals surface area contributed by atoms with Crippen molar-refractivity contribution in [3.05, 3.63) is 18.2 Å². The first kappa shape index (κ1) is 17.1. The van der Waals surface area contributed by atoms with E-state index >= 15 is 0 Å². The number of benzene rings is 1. The molecule has 0 atom stereocenters. The molecule has 0 unspecified atom stereocenters. The number of carbonyl (C=O) groups is 1. The van der Waals surface area contributed by atoms with E-state index in [2.05, 4.69) is 5.32 Å². The SMILES string of the molecule is CCOC(=O)CCCCCNc1ccc(OC)c(OC)c1. The van der Waals surface area contributed by atoms with Gasteiger partial charge in [-0.2, -0.15) is 0 Å². The first-order valence-corrected chi connectivity index (χ1v) is 7.32. The van der Waals surface area contributed by atoms with Crippen molar-refractivity contribution >= 4 is 11.7 Å². The normalized spacial score (nSPS) is 10.0. The summed E-state index contributed by atoms with van der Waals surface area (Å²) in [6.45, 7) is 3.14. The van der Waals surface area contributed by atoms with Gasteiger partial charge in [0.2, 0.25) is 0 Å². The maximum atomic E-state index is 11.2. The fourth-order valence-electron chi connectivity index (χ4n) is 1.98. The molecule has 118 valence electrons. The van der Waals surface area contributed by atoms with Gasteiger partial charge in [-0.15, -0.1) is 0 Å². The van der Waals surface area contributed by atoms with Gasteiger partial charge >= 0.3 is 5.97 Å². The molecule has 5 heteroatoms. The number of hydrogen-bond donors (Lipinski definition) is 1. The van der Waals surface area contributed by atoms with Crippen LogP contribution < -0.4 is 14.8 Å². The number of rotatable bonds is 10. The summed E-state index contributed by atoms with van der Waals surface area (Å²) in [6.07, 6.45) is 3.38. The Balaban J connectivity index is 2.22. The minimum Gasteiger partial charge on any atom is -0.493 e. The second-order valence-corrected chi connectivity index (χ2v) is 4.61. The van der Waals surface area contributed by atoms with Gasteiger partial charge in [0.1, 0.15) is 0 Å². The zero-order valence-electron chi connectivity index (χ0n) is 13.1.